The Morgan fingerprint density at radius 2 is 2.10 bits per heavy atom. The molecule has 0 radical (unpaired) electrons. The Morgan fingerprint density at radius 3 is 2.75 bits per heavy atom. The number of rotatable bonds is 4. The first-order valence-corrected chi connectivity index (χ1v) is 7.88. The Kier molecular flexibility index (Phi) is 4.97. The van der Waals surface area contributed by atoms with Crippen LogP contribution in [0.1, 0.15) is 56.0 Å². The van der Waals surface area contributed by atoms with Gasteiger partial charge in [0, 0.05) is 11.8 Å². The van der Waals surface area contributed by atoms with Crippen molar-refractivity contribution in [2.45, 2.75) is 59.0 Å². The highest BCUT2D eigenvalue weighted by Gasteiger charge is 2.26. The third kappa shape index (κ3) is 3.29. The quantitative estimate of drug-likeness (QED) is 0.860. The number of hydrogen-bond donors (Lipinski definition) is 1. The summed E-state index contributed by atoms with van der Waals surface area (Å²) in [5.74, 6) is 1.45. The summed E-state index contributed by atoms with van der Waals surface area (Å²) in [6, 6.07) is 1.96. The third-order valence-electron chi connectivity index (χ3n) is 4.18. The molecular weight excluding hydrogens is 268 g/mol. The molecule has 1 heterocycles. The molecule has 2 rings (SSSR count). The number of aryl methyl sites for hydroxylation is 2. The zero-order chi connectivity index (χ0) is 14.7. The van der Waals surface area contributed by atoms with Crippen LogP contribution in [-0.4, -0.2) is 16.1 Å². The summed E-state index contributed by atoms with van der Waals surface area (Å²) < 4.78 is 6.31. The molecule has 2 unspecified atom stereocenters. The molecule has 0 aliphatic heterocycles. The van der Waals surface area contributed by atoms with E-state index in [1.807, 2.05) is 19.9 Å². The molecule has 1 aliphatic carbocycles. The first-order chi connectivity index (χ1) is 9.52. The van der Waals surface area contributed by atoms with Crippen LogP contribution >= 0.6 is 12.2 Å². The van der Waals surface area contributed by atoms with Crippen molar-refractivity contribution >= 4 is 17.2 Å². The summed E-state index contributed by atoms with van der Waals surface area (Å²) in [5, 5.41) is 0. The fourth-order valence-electron chi connectivity index (χ4n) is 3.14. The summed E-state index contributed by atoms with van der Waals surface area (Å²) in [6.45, 7) is 6.15. The lowest BCUT2D eigenvalue weighted by Crippen LogP contribution is -2.31. The lowest BCUT2D eigenvalue weighted by molar-refractivity contribution is 0.0900. The number of pyridine rings is 1. The first-order valence-electron chi connectivity index (χ1n) is 7.47. The fourth-order valence-corrected chi connectivity index (χ4v) is 3.39. The van der Waals surface area contributed by atoms with Gasteiger partial charge < -0.3 is 10.5 Å². The molecule has 2 atom stereocenters. The van der Waals surface area contributed by atoms with E-state index in [1.54, 1.807) is 0 Å². The largest absolute Gasteiger partial charge is 0.489 e. The van der Waals surface area contributed by atoms with Gasteiger partial charge in [-0.2, -0.15) is 0 Å². The van der Waals surface area contributed by atoms with Gasteiger partial charge in [0.2, 0.25) is 0 Å². The summed E-state index contributed by atoms with van der Waals surface area (Å²) in [4.78, 5) is 4.81. The third-order valence-corrected chi connectivity index (χ3v) is 4.38. The number of thiocarbonyl (C=S) groups is 1. The second-order valence-electron chi connectivity index (χ2n) is 5.70. The summed E-state index contributed by atoms with van der Waals surface area (Å²) in [5.41, 5.74) is 8.45. The van der Waals surface area contributed by atoms with Crippen LogP contribution in [0.2, 0.25) is 0 Å². The van der Waals surface area contributed by atoms with Gasteiger partial charge in [0.05, 0.1) is 11.3 Å². The van der Waals surface area contributed by atoms with Crippen molar-refractivity contribution in [2.75, 3.05) is 0 Å². The molecule has 1 fully saturated rings. The SMILES string of the molecule is CCC1CCCCC1Oc1cc(C)nc(C)c1C(N)=S. The van der Waals surface area contributed by atoms with E-state index in [0.717, 1.165) is 35.5 Å². The summed E-state index contributed by atoms with van der Waals surface area (Å²) in [6.07, 6.45) is 6.38. The minimum Gasteiger partial charge on any atom is -0.489 e. The molecule has 1 saturated carbocycles. The number of hydrogen-bond acceptors (Lipinski definition) is 3. The van der Waals surface area contributed by atoms with Crippen molar-refractivity contribution in [3.63, 3.8) is 0 Å². The molecule has 0 amide bonds. The van der Waals surface area contributed by atoms with E-state index in [4.69, 9.17) is 22.7 Å². The van der Waals surface area contributed by atoms with Crippen molar-refractivity contribution in [1.29, 1.82) is 0 Å². The van der Waals surface area contributed by atoms with E-state index in [9.17, 15) is 0 Å². The second-order valence-corrected chi connectivity index (χ2v) is 6.14. The molecule has 0 aromatic carbocycles. The summed E-state index contributed by atoms with van der Waals surface area (Å²) >= 11 is 5.16. The van der Waals surface area contributed by atoms with Crippen LogP contribution in [0, 0.1) is 19.8 Å². The van der Waals surface area contributed by atoms with Crippen molar-refractivity contribution in [1.82, 2.24) is 4.98 Å². The van der Waals surface area contributed by atoms with E-state index in [2.05, 4.69) is 11.9 Å². The molecule has 2 N–H and O–H groups in total. The smallest absolute Gasteiger partial charge is 0.133 e. The monoisotopic (exact) mass is 292 g/mol. The topological polar surface area (TPSA) is 48.1 Å². The van der Waals surface area contributed by atoms with E-state index < -0.39 is 0 Å². The maximum atomic E-state index is 6.31. The van der Waals surface area contributed by atoms with Gasteiger partial charge in [-0.3, -0.25) is 4.98 Å². The van der Waals surface area contributed by atoms with Gasteiger partial charge in [0.25, 0.3) is 0 Å². The minimum atomic E-state index is 0.281. The maximum Gasteiger partial charge on any atom is 0.133 e. The van der Waals surface area contributed by atoms with Gasteiger partial charge in [-0.25, -0.2) is 0 Å². The van der Waals surface area contributed by atoms with E-state index in [1.165, 1.54) is 19.3 Å². The predicted octanol–water partition coefficient (Wildman–Crippen LogP) is 3.68. The zero-order valence-electron chi connectivity index (χ0n) is 12.6. The molecule has 3 nitrogen and oxygen atoms in total. The summed E-state index contributed by atoms with van der Waals surface area (Å²) in [7, 11) is 0. The van der Waals surface area contributed by atoms with Crippen LogP contribution in [-0.2, 0) is 0 Å². The van der Waals surface area contributed by atoms with Gasteiger partial charge in [-0.15, -0.1) is 0 Å². The van der Waals surface area contributed by atoms with Crippen LogP contribution in [0.3, 0.4) is 0 Å². The number of nitrogens with two attached hydrogens (primary N) is 1. The van der Waals surface area contributed by atoms with Crippen molar-refractivity contribution in [3.8, 4) is 5.75 Å². The Morgan fingerprint density at radius 1 is 1.40 bits per heavy atom. The Labute approximate surface area is 126 Å². The highest BCUT2D eigenvalue weighted by atomic mass is 32.1. The predicted molar refractivity (Wildman–Crippen MR) is 86.3 cm³/mol. The van der Waals surface area contributed by atoms with Gasteiger partial charge in [-0.05, 0) is 45.4 Å². The molecule has 0 saturated heterocycles. The van der Waals surface area contributed by atoms with Crippen molar-refractivity contribution in [3.05, 3.63) is 23.0 Å². The maximum absolute atomic E-state index is 6.31. The fraction of sp³-hybridized carbons (Fsp3) is 0.625. The van der Waals surface area contributed by atoms with Crippen LogP contribution in [0.4, 0.5) is 0 Å². The molecule has 0 spiro atoms. The van der Waals surface area contributed by atoms with Gasteiger partial charge in [0.15, 0.2) is 0 Å². The Bertz CT molecular complexity index is 501. The normalized spacial score (nSPS) is 22.6. The van der Waals surface area contributed by atoms with E-state index >= 15 is 0 Å². The van der Waals surface area contributed by atoms with E-state index in [-0.39, 0.29) is 6.10 Å². The minimum absolute atomic E-state index is 0.281. The van der Waals surface area contributed by atoms with Crippen LogP contribution < -0.4 is 10.5 Å². The Balaban J connectivity index is 2.30. The standard InChI is InChI=1S/C16H24N2OS/c1-4-12-7-5-6-8-13(12)19-14-9-10(2)18-11(3)15(14)16(17)20/h9,12-13H,4-8H2,1-3H3,(H2,17,20). The average Bonchev–Trinajstić information content (AvgIpc) is 2.38. The van der Waals surface area contributed by atoms with E-state index in [0.29, 0.717) is 10.9 Å². The van der Waals surface area contributed by atoms with Gasteiger partial charge in [-0.1, -0.05) is 25.6 Å². The lowest BCUT2D eigenvalue weighted by Gasteiger charge is -2.32. The van der Waals surface area contributed by atoms with Crippen molar-refractivity contribution in [2.24, 2.45) is 11.7 Å². The van der Waals surface area contributed by atoms with Gasteiger partial charge >= 0.3 is 0 Å². The number of aromatic nitrogens is 1. The average molecular weight is 292 g/mol. The molecule has 110 valence electrons. The molecular formula is C16H24N2OS. The number of ether oxygens (including phenoxy) is 1. The molecule has 0 bridgehead atoms. The second kappa shape index (κ2) is 6.53. The lowest BCUT2D eigenvalue weighted by atomic mass is 9.84. The van der Waals surface area contributed by atoms with Crippen LogP contribution in [0.25, 0.3) is 0 Å². The van der Waals surface area contributed by atoms with Crippen LogP contribution in [0.5, 0.6) is 5.75 Å². The number of nitrogens with zero attached hydrogens (tertiary/aromatic N) is 1. The first kappa shape index (κ1) is 15.2. The molecule has 20 heavy (non-hydrogen) atoms. The Hall–Kier alpha value is -1.16. The zero-order valence-corrected chi connectivity index (χ0v) is 13.4. The van der Waals surface area contributed by atoms with Gasteiger partial charge in [0.1, 0.15) is 16.8 Å². The molecule has 1 aromatic heterocycles. The molecule has 1 aromatic rings. The van der Waals surface area contributed by atoms with Crippen molar-refractivity contribution < 1.29 is 4.74 Å². The highest BCUT2D eigenvalue weighted by Crippen LogP contribution is 2.32. The van der Waals surface area contributed by atoms with Crippen LogP contribution in [0.15, 0.2) is 6.07 Å². The molecule has 4 heteroatoms. The highest BCUT2D eigenvalue weighted by molar-refractivity contribution is 7.80. The molecule has 1 aliphatic rings.